The summed E-state index contributed by atoms with van der Waals surface area (Å²) in [5.41, 5.74) is 0.246. The summed E-state index contributed by atoms with van der Waals surface area (Å²) < 4.78 is 7.48. The van der Waals surface area contributed by atoms with Crippen LogP contribution < -0.4 is 4.74 Å². The molecule has 0 aliphatic carbocycles. The fraction of sp³-hybridized carbons (Fsp3) is 0.471. The molecule has 0 bridgehead atoms. The highest BCUT2D eigenvalue weighted by Gasteiger charge is 2.28. The molecule has 0 unspecified atom stereocenters. The van der Waals surface area contributed by atoms with Crippen molar-refractivity contribution in [2.24, 2.45) is 0 Å². The van der Waals surface area contributed by atoms with Crippen LogP contribution in [-0.2, 0) is 0 Å². The fourth-order valence-electron chi connectivity index (χ4n) is 2.88. The van der Waals surface area contributed by atoms with Gasteiger partial charge in [0.1, 0.15) is 0 Å². The van der Waals surface area contributed by atoms with E-state index in [1.807, 2.05) is 30.8 Å². The van der Waals surface area contributed by atoms with E-state index < -0.39 is 0 Å². The molecule has 0 saturated carbocycles. The van der Waals surface area contributed by atoms with Crippen molar-refractivity contribution in [3.8, 4) is 5.88 Å². The lowest BCUT2D eigenvalue weighted by molar-refractivity contribution is 0.0665. The summed E-state index contributed by atoms with van der Waals surface area (Å²) >= 11 is 6.20. The van der Waals surface area contributed by atoms with E-state index in [1.165, 1.54) is 0 Å². The molecule has 2 aromatic rings. The second-order valence-electron chi connectivity index (χ2n) is 6.18. The van der Waals surface area contributed by atoms with Gasteiger partial charge in [0.15, 0.2) is 5.69 Å². The Labute approximate surface area is 146 Å². The smallest absolute Gasteiger partial charge is 0.274 e. The van der Waals surface area contributed by atoms with Crippen LogP contribution in [0.3, 0.4) is 0 Å². The third-order valence-corrected chi connectivity index (χ3v) is 4.27. The number of amides is 1. The van der Waals surface area contributed by atoms with E-state index in [4.69, 9.17) is 16.3 Å². The van der Waals surface area contributed by atoms with Crippen molar-refractivity contribution in [1.29, 1.82) is 0 Å². The lowest BCUT2D eigenvalue weighted by atomic mass is 10.1. The number of pyridine rings is 1. The van der Waals surface area contributed by atoms with Crippen LogP contribution in [0.5, 0.6) is 5.88 Å². The van der Waals surface area contributed by atoms with Gasteiger partial charge in [-0.2, -0.15) is 5.10 Å². The third kappa shape index (κ3) is 3.70. The molecule has 1 atom stereocenters. The number of piperidine rings is 1. The summed E-state index contributed by atoms with van der Waals surface area (Å²) in [6.45, 7) is 5.13. The van der Waals surface area contributed by atoms with Gasteiger partial charge in [-0.25, -0.2) is 4.98 Å². The van der Waals surface area contributed by atoms with Crippen molar-refractivity contribution in [1.82, 2.24) is 19.7 Å². The zero-order valence-electron chi connectivity index (χ0n) is 13.9. The monoisotopic (exact) mass is 348 g/mol. The average molecular weight is 349 g/mol. The van der Waals surface area contributed by atoms with E-state index in [9.17, 15) is 4.79 Å². The maximum atomic E-state index is 12.9. The lowest BCUT2D eigenvalue weighted by Gasteiger charge is -2.32. The molecule has 1 amide bonds. The van der Waals surface area contributed by atoms with Gasteiger partial charge in [0.25, 0.3) is 5.91 Å². The first kappa shape index (κ1) is 16.8. The minimum absolute atomic E-state index is 0.0131. The second-order valence-corrected chi connectivity index (χ2v) is 6.59. The summed E-state index contributed by atoms with van der Waals surface area (Å²) in [5.74, 6) is 0.254. The van der Waals surface area contributed by atoms with E-state index in [-0.39, 0.29) is 23.7 Å². The van der Waals surface area contributed by atoms with Crippen LogP contribution in [-0.4, -0.2) is 44.8 Å². The Morgan fingerprint density at radius 1 is 1.42 bits per heavy atom. The molecule has 0 radical (unpaired) electrons. The molecule has 1 fully saturated rings. The summed E-state index contributed by atoms with van der Waals surface area (Å²) in [5, 5.41) is 4.63. The average Bonchev–Trinajstić information content (AvgIpc) is 3.10. The van der Waals surface area contributed by atoms with Crippen LogP contribution in [0.2, 0.25) is 5.02 Å². The molecule has 0 spiro atoms. The number of rotatable bonds is 4. The first-order valence-corrected chi connectivity index (χ1v) is 8.54. The van der Waals surface area contributed by atoms with E-state index in [0.29, 0.717) is 24.0 Å². The van der Waals surface area contributed by atoms with Crippen LogP contribution in [0.25, 0.3) is 0 Å². The van der Waals surface area contributed by atoms with Crippen molar-refractivity contribution in [3.05, 3.63) is 41.3 Å². The SMILES string of the molecule is CC(C)Oc1ccc(Cl)c(C(=O)N2CCC[C@H](n3cccn3)C2)n1. The minimum Gasteiger partial charge on any atom is -0.475 e. The topological polar surface area (TPSA) is 60.2 Å². The number of hydrogen-bond donors (Lipinski definition) is 0. The molecular formula is C17H21ClN4O2. The summed E-state index contributed by atoms with van der Waals surface area (Å²) in [4.78, 5) is 19.0. The first-order chi connectivity index (χ1) is 11.5. The molecule has 7 heteroatoms. The van der Waals surface area contributed by atoms with Crippen molar-refractivity contribution >= 4 is 17.5 Å². The standard InChI is InChI=1S/C17H21ClN4O2/c1-12(2)24-15-7-6-14(18)16(20-15)17(23)21-9-3-5-13(11-21)22-10-4-8-19-22/h4,6-8,10,12-13H,3,5,9,11H2,1-2H3/t13-/m0/s1. The normalized spacial score (nSPS) is 18.0. The summed E-state index contributed by atoms with van der Waals surface area (Å²) in [6, 6.07) is 5.42. The molecule has 2 aromatic heterocycles. The zero-order valence-corrected chi connectivity index (χ0v) is 14.6. The number of nitrogens with zero attached hydrogens (tertiary/aromatic N) is 4. The maximum Gasteiger partial charge on any atom is 0.274 e. The molecule has 24 heavy (non-hydrogen) atoms. The number of carbonyl (C=O) groups is 1. The van der Waals surface area contributed by atoms with Crippen LogP contribution in [0.1, 0.15) is 43.2 Å². The third-order valence-electron chi connectivity index (χ3n) is 3.96. The Bertz CT molecular complexity index is 703. The van der Waals surface area contributed by atoms with Crippen molar-refractivity contribution in [2.75, 3.05) is 13.1 Å². The molecule has 128 valence electrons. The van der Waals surface area contributed by atoms with Gasteiger partial charge in [-0.1, -0.05) is 11.6 Å². The predicted octanol–water partition coefficient (Wildman–Crippen LogP) is 3.20. The molecule has 1 aliphatic rings. The highest BCUT2D eigenvalue weighted by Crippen LogP contribution is 2.25. The van der Waals surface area contributed by atoms with Gasteiger partial charge in [-0.15, -0.1) is 0 Å². The van der Waals surface area contributed by atoms with Gasteiger partial charge in [-0.3, -0.25) is 9.48 Å². The van der Waals surface area contributed by atoms with Crippen LogP contribution >= 0.6 is 11.6 Å². The van der Waals surface area contributed by atoms with Gasteiger partial charge in [0, 0.05) is 31.5 Å². The summed E-state index contributed by atoms with van der Waals surface area (Å²) in [7, 11) is 0. The van der Waals surface area contributed by atoms with Gasteiger partial charge in [-0.05, 0) is 38.8 Å². The predicted molar refractivity (Wildman–Crippen MR) is 91.4 cm³/mol. The molecule has 3 heterocycles. The molecular weight excluding hydrogens is 328 g/mol. The number of likely N-dealkylation sites (tertiary alicyclic amines) is 1. The van der Waals surface area contributed by atoms with Crippen molar-refractivity contribution in [2.45, 2.75) is 38.8 Å². The molecule has 3 rings (SSSR count). The maximum absolute atomic E-state index is 12.9. The largest absolute Gasteiger partial charge is 0.475 e. The minimum atomic E-state index is -0.161. The van der Waals surface area contributed by atoms with Crippen LogP contribution in [0.4, 0.5) is 0 Å². The Morgan fingerprint density at radius 3 is 2.96 bits per heavy atom. The summed E-state index contributed by atoms with van der Waals surface area (Å²) in [6.07, 6.45) is 5.60. The van der Waals surface area contributed by atoms with Crippen molar-refractivity contribution in [3.63, 3.8) is 0 Å². The molecule has 0 N–H and O–H groups in total. The van der Waals surface area contributed by atoms with Gasteiger partial charge >= 0.3 is 0 Å². The van der Waals surface area contributed by atoms with Gasteiger partial charge in [0.2, 0.25) is 5.88 Å². The molecule has 1 aliphatic heterocycles. The second kappa shape index (κ2) is 7.21. The quantitative estimate of drug-likeness (QED) is 0.851. The Morgan fingerprint density at radius 2 is 2.25 bits per heavy atom. The highest BCUT2D eigenvalue weighted by atomic mass is 35.5. The van der Waals surface area contributed by atoms with Crippen LogP contribution in [0.15, 0.2) is 30.6 Å². The lowest BCUT2D eigenvalue weighted by Crippen LogP contribution is -2.41. The number of carbonyl (C=O) groups excluding carboxylic acids is 1. The number of halogens is 1. The Hall–Kier alpha value is -2.08. The first-order valence-electron chi connectivity index (χ1n) is 8.16. The Kier molecular flexibility index (Phi) is 5.04. The molecule has 0 aromatic carbocycles. The fourth-order valence-corrected chi connectivity index (χ4v) is 3.07. The molecule has 1 saturated heterocycles. The Balaban J connectivity index is 1.78. The van der Waals surface area contributed by atoms with Crippen LogP contribution in [0, 0.1) is 0 Å². The van der Waals surface area contributed by atoms with Gasteiger partial charge < -0.3 is 9.64 Å². The van der Waals surface area contributed by atoms with E-state index in [0.717, 1.165) is 12.8 Å². The van der Waals surface area contributed by atoms with E-state index >= 15 is 0 Å². The van der Waals surface area contributed by atoms with E-state index in [1.54, 1.807) is 23.2 Å². The highest BCUT2D eigenvalue weighted by molar-refractivity contribution is 6.33. The number of ether oxygens (including phenoxy) is 1. The zero-order chi connectivity index (χ0) is 17.1. The van der Waals surface area contributed by atoms with E-state index in [2.05, 4.69) is 10.1 Å². The number of hydrogen-bond acceptors (Lipinski definition) is 4. The van der Waals surface area contributed by atoms with Gasteiger partial charge in [0.05, 0.1) is 17.2 Å². The number of aromatic nitrogens is 3. The van der Waals surface area contributed by atoms with Crippen molar-refractivity contribution < 1.29 is 9.53 Å². The molecule has 6 nitrogen and oxygen atoms in total.